The lowest BCUT2D eigenvalue weighted by molar-refractivity contribution is 0.0921. The maximum absolute atomic E-state index is 12.9. The number of fused-ring (bicyclic) bond motifs is 2. The average Bonchev–Trinajstić information content (AvgIpc) is 3.38. The van der Waals surface area contributed by atoms with Crippen LogP contribution >= 0.6 is 11.8 Å². The lowest BCUT2D eigenvalue weighted by atomic mass is 10.1. The Bertz CT molecular complexity index is 1290. The van der Waals surface area contributed by atoms with Gasteiger partial charge in [0.1, 0.15) is 16.9 Å². The molecular formula is C23H17N3O3S. The Morgan fingerprint density at radius 3 is 2.53 bits per heavy atom. The third-order valence-corrected chi connectivity index (χ3v) is 5.59. The van der Waals surface area contributed by atoms with Gasteiger partial charge in [0.15, 0.2) is 10.9 Å². The summed E-state index contributed by atoms with van der Waals surface area (Å²) in [5, 5.41) is 5.48. The van der Waals surface area contributed by atoms with E-state index in [4.69, 9.17) is 8.83 Å². The summed E-state index contributed by atoms with van der Waals surface area (Å²) >= 11 is 1.46. The molecule has 3 aromatic heterocycles. The highest BCUT2D eigenvalue weighted by atomic mass is 32.2. The van der Waals surface area contributed by atoms with Crippen LogP contribution in [-0.4, -0.2) is 15.9 Å². The minimum Gasteiger partial charge on any atom is -0.459 e. The minimum atomic E-state index is -0.281. The quantitative estimate of drug-likeness (QED) is 0.304. The van der Waals surface area contributed by atoms with Crippen LogP contribution in [0.2, 0.25) is 0 Å². The Hall–Kier alpha value is -3.58. The predicted molar refractivity (Wildman–Crippen MR) is 115 cm³/mol. The molecule has 0 saturated carbocycles. The second-order valence-electron chi connectivity index (χ2n) is 6.66. The molecule has 0 unspecified atom stereocenters. The lowest BCUT2D eigenvalue weighted by Crippen LogP contribution is -2.23. The molecule has 0 aliphatic rings. The first-order chi connectivity index (χ1) is 14.8. The van der Waals surface area contributed by atoms with Crippen molar-refractivity contribution in [2.24, 2.45) is 0 Å². The van der Waals surface area contributed by atoms with Gasteiger partial charge in [-0.1, -0.05) is 48.2 Å². The Balaban J connectivity index is 1.38. The second-order valence-corrected chi connectivity index (χ2v) is 7.60. The van der Waals surface area contributed by atoms with Gasteiger partial charge in [-0.05, 0) is 24.3 Å². The van der Waals surface area contributed by atoms with Gasteiger partial charge in [-0.15, -0.1) is 0 Å². The highest BCUT2D eigenvalue weighted by Gasteiger charge is 2.21. The number of aromatic nitrogens is 2. The highest BCUT2D eigenvalue weighted by molar-refractivity contribution is 7.98. The molecule has 148 valence electrons. The van der Waals surface area contributed by atoms with Crippen LogP contribution < -0.4 is 5.32 Å². The minimum absolute atomic E-state index is 0.277. The number of hydrogen-bond acceptors (Lipinski definition) is 6. The molecule has 0 bridgehead atoms. The molecule has 7 heteroatoms. The smallest absolute Gasteiger partial charge is 0.287 e. The number of thioether (sulfide) groups is 1. The fourth-order valence-corrected chi connectivity index (χ4v) is 4.12. The summed E-state index contributed by atoms with van der Waals surface area (Å²) in [6, 6.07) is 19.1. The van der Waals surface area contributed by atoms with Crippen molar-refractivity contribution in [2.45, 2.75) is 17.5 Å². The van der Waals surface area contributed by atoms with Gasteiger partial charge >= 0.3 is 0 Å². The Morgan fingerprint density at radius 2 is 1.70 bits per heavy atom. The highest BCUT2D eigenvalue weighted by Crippen LogP contribution is 2.31. The molecule has 0 spiro atoms. The molecule has 0 aliphatic heterocycles. The molecule has 3 heterocycles. The number of amides is 1. The molecule has 0 aliphatic carbocycles. The number of benzene rings is 2. The van der Waals surface area contributed by atoms with Crippen LogP contribution in [0.4, 0.5) is 0 Å². The Labute approximate surface area is 176 Å². The maximum atomic E-state index is 12.9. The van der Waals surface area contributed by atoms with E-state index in [0.29, 0.717) is 28.0 Å². The van der Waals surface area contributed by atoms with Crippen molar-refractivity contribution < 1.29 is 13.6 Å². The van der Waals surface area contributed by atoms with Crippen molar-refractivity contribution in [3.05, 3.63) is 90.1 Å². The molecule has 2 aromatic carbocycles. The van der Waals surface area contributed by atoms with Gasteiger partial charge in [0.2, 0.25) is 0 Å². The number of carbonyl (C=O) groups is 1. The molecular weight excluding hydrogens is 398 g/mol. The van der Waals surface area contributed by atoms with Gasteiger partial charge in [-0.3, -0.25) is 4.79 Å². The third-order valence-electron chi connectivity index (χ3n) is 4.69. The monoisotopic (exact) mass is 415 g/mol. The zero-order valence-electron chi connectivity index (χ0n) is 15.9. The lowest BCUT2D eigenvalue weighted by Gasteiger charge is -2.04. The van der Waals surface area contributed by atoms with Crippen LogP contribution in [0.1, 0.15) is 21.9 Å². The van der Waals surface area contributed by atoms with Crippen LogP contribution in [0, 0.1) is 0 Å². The van der Waals surface area contributed by atoms with Gasteiger partial charge in [-0.25, -0.2) is 9.97 Å². The third kappa shape index (κ3) is 3.67. The summed E-state index contributed by atoms with van der Waals surface area (Å²) in [6.45, 7) is 0.277. The molecule has 0 atom stereocenters. The summed E-state index contributed by atoms with van der Waals surface area (Å²) in [6.07, 6.45) is 3.40. The molecule has 0 saturated heterocycles. The van der Waals surface area contributed by atoms with E-state index in [1.807, 2.05) is 54.6 Å². The zero-order chi connectivity index (χ0) is 20.3. The topological polar surface area (TPSA) is 81.2 Å². The summed E-state index contributed by atoms with van der Waals surface area (Å²) in [5.74, 6) is 1.23. The van der Waals surface area contributed by atoms with Crippen LogP contribution in [-0.2, 0) is 12.3 Å². The molecule has 6 nitrogen and oxygen atoms in total. The summed E-state index contributed by atoms with van der Waals surface area (Å²) in [7, 11) is 0. The van der Waals surface area contributed by atoms with E-state index >= 15 is 0 Å². The number of furan rings is 2. The second kappa shape index (κ2) is 8.04. The Kier molecular flexibility index (Phi) is 4.94. The van der Waals surface area contributed by atoms with Crippen molar-refractivity contribution >= 4 is 39.6 Å². The molecule has 5 aromatic rings. The van der Waals surface area contributed by atoms with E-state index in [0.717, 1.165) is 21.9 Å². The van der Waals surface area contributed by atoms with Crippen molar-refractivity contribution in [2.75, 3.05) is 0 Å². The SMILES string of the molecule is O=C(NCc1cc2ccccc2o1)c1oc2ccccc2c1CSc1ncccn1. The number of hydrogen-bond donors (Lipinski definition) is 1. The molecule has 0 radical (unpaired) electrons. The first-order valence-electron chi connectivity index (χ1n) is 9.44. The van der Waals surface area contributed by atoms with Crippen LogP contribution in [0.3, 0.4) is 0 Å². The standard InChI is InChI=1S/C23H17N3O3S/c27-22(26-13-16-12-15-6-1-3-8-19(15)28-16)21-18(14-30-23-24-10-5-11-25-23)17-7-2-4-9-20(17)29-21/h1-12H,13-14H2,(H,26,27). The number of nitrogens with zero attached hydrogens (tertiary/aromatic N) is 2. The largest absolute Gasteiger partial charge is 0.459 e. The van der Waals surface area contributed by atoms with Gasteiger partial charge in [0.25, 0.3) is 5.91 Å². The van der Waals surface area contributed by atoms with Crippen molar-refractivity contribution in [1.82, 2.24) is 15.3 Å². The molecule has 0 fully saturated rings. The van der Waals surface area contributed by atoms with Crippen molar-refractivity contribution in [3.8, 4) is 0 Å². The van der Waals surface area contributed by atoms with Crippen LogP contribution in [0.5, 0.6) is 0 Å². The number of nitrogens with one attached hydrogen (secondary N) is 1. The normalized spacial score (nSPS) is 11.2. The summed E-state index contributed by atoms with van der Waals surface area (Å²) in [5.41, 5.74) is 2.30. The van der Waals surface area contributed by atoms with Gasteiger partial charge < -0.3 is 14.2 Å². The van der Waals surface area contributed by atoms with E-state index in [-0.39, 0.29) is 12.5 Å². The van der Waals surface area contributed by atoms with E-state index in [1.165, 1.54) is 11.8 Å². The summed E-state index contributed by atoms with van der Waals surface area (Å²) < 4.78 is 11.7. The van der Waals surface area contributed by atoms with E-state index in [9.17, 15) is 4.79 Å². The number of rotatable bonds is 6. The molecule has 1 amide bonds. The van der Waals surface area contributed by atoms with E-state index in [2.05, 4.69) is 15.3 Å². The maximum Gasteiger partial charge on any atom is 0.287 e. The first kappa shape index (κ1) is 18.4. The van der Waals surface area contributed by atoms with Crippen molar-refractivity contribution in [1.29, 1.82) is 0 Å². The van der Waals surface area contributed by atoms with Gasteiger partial charge in [-0.2, -0.15) is 0 Å². The molecule has 5 rings (SSSR count). The fourth-order valence-electron chi connectivity index (χ4n) is 3.29. The molecule has 1 N–H and O–H groups in total. The fraction of sp³-hybridized carbons (Fsp3) is 0.0870. The van der Waals surface area contributed by atoms with Crippen LogP contribution in [0.15, 0.2) is 87.0 Å². The van der Waals surface area contributed by atoms with Gasteiger partial charge in [0, 0.05) is 34.5 Å². The first-order valence-corrected chi connectivity index (χ1v) is 10.4. The number of para-hydroxylation sites is 2. The van der Waals surface area contributed by atoms with Crippen molar-refractivity contribution in [3.63, 3.8) is 0 Å². The predicted octanol–water partition coefficient (Wildman–Crippen LogP) is 5.19. The van der Waals surface area contributed by atoms with E-state index in [1.54, 1.807) is 18.5 Å². The zero-order valence-corrected chi connectivity index (χ0v) is 16.7. The molecule has 30 heavy (non-hydrogen) atoms. The van der Waals surface area contributed by atoms with Crippen LogP contribution in [0.25, 0.3) is 21.9 Å². The summed E-state index contributed by atoms with van der Waals surface area (Å²) in [4.78, 5) is 21.4. The number of carbonyl (C=O) groups excluding carboxylic acids is 1. The van der Waals surface area contributed by atoms with Gasteiger partial charge in [0.05, 0.1) is 6.54 Å². The average molecular weight is 415 g/mol. The van der Waals surface area contributed by atoms with E-state index < -0.39 is 0 Å². The Morgan fingerprint density at radius 1 is 0.933 bits per heavy atom.